The van der Waals surface area contributed by atoms with Crippen molar-refractivity contribution in [2.45, 2.75) is 51.0 Å². The molecule has 0 spiro atoms. The second-order valence-electron chi connectivity index (χ2n) is 10.3. The van der Waals surface area contributed by atoms with Crippen LogP contribution in [0.1, 0.15) is 48.4 Å². The van der Waals surface area contributed by atoms with E-state index < -0.39 is 92.9 Å². The summed E-state index contributed by atoms with van der Waals surface area (Å²) in [4.78, 5) is 0. The van der Waals surface area contributed by atoms with Crippen LogP contribution in [0, 0.1) is 40.7 Å². The number of unbranched alkanes of at least 4 members (excludes halogenated alkanes) is 2. The molecule has 0 heterocycles. The van der Waals surface area contributed by atoms with Gasteiger partial charge in [0.05, 0.1) is 0 Å². The molecule has 258 valence electrons. The Labute approximate surface area is 262 Å². The molecule has 0 unspecified atom stereocenters. The van der Waals surface area contributed by atoms with Gasteiger partial charge in [0, 0.05) is 29.8 Å². The number of alkyl halides is 7. The van der Waals surface area contributed by atoms with E-state index in [1.165, 1.54) is 12.1 Å². The quantitative estimate of drug-likeness (QED) is 0.114. The number of ether oxygens (including phenoxy) is 2. The summed E-state index contributed by atoms with van der Waals surface area (Å²) < 4.78 is 206. The average Bonchev–Trinajstić information content (AvgIpc) is 2.90. The average molecular weight is 702 g/mol. The van der Waals surface area contributed by atoms with Crippen LogP contribution in [0.2, 0.25) is 0 Å². The highest BCUT2D eigenvalue weighted by Crippen LogP contribution is 2.42. The lowest BCUT2D eigenvalue weighted by atomic mass is 9.99. The summed E-state index contributed by atoms with van der Waals surface area (Å²) in [5, 5.41) is 0. The smallest absolute Gasteiger partial charge is 0.429 e. The molecule has 0 N–H and O–H groups in total. The second kappa shape index (κ2) is 13.5. The topological polar surface area (TPSA) is 18.5 Å². The first-order chi connectivity index (χ1) is 22.2. The first-order valence-corrected chi connectivity index (χ1v) is 13.7. The van der Waals surface area contributed by atoms with Crippen molar-refractivity contribution in [1.29, 1.82) is 0 Å². The van der Waals surface area contributed by atoms with Crippen molar-refractivity contribution in [3.63, 3.8) is 0 Å². The first-order valence-electron chi connectivity index (χ1n) is 13.7. The third-order valence-corrected chi connectivity index (χ3v) is 6.84. The molecule has 0 saturated heterocycles. The molecular formula is C32H20F14O2. The van der Waals surface area contributed by atoms with E-state index in [4.69, 9.17) is 0 Å². The van der Waals surface area contributed by atoms with Gasteiger partial charge in [-0.1, -0.05) is 31.9 Å². The van der Waals surface area contributed by atoms with Crippen LogP contribution >= 0.6 is 0 Å². The SMILES string of the molecule is CCCCCc1ccc(-c2cc(F)c(C(F)(F)Oc3cc(F)c(C(F)(F)Oc4cc(F)c(C(F)(F)F)c(F)c4)c(F)c3)c(F)c2)c(F)c1. The number of rotatable bonds is 11. The monoisotopic (exact) mass is 702 g/mol. The summed E-state index contributed by atoms with van der Waals surface area (Å²) in [5.41, 5.74) is -7.17. The maximum absolute atomic E-state index is 14.9. The fraction of sp³-hybridized carbons (Fsp3) is 0.250. The molecular weight excluding hydrogens is 682 g/mol. The number of benzene rings is 4. The molecule has 0 aliphatic rings. The molecule has 2 nitrogen and oxygen atoms in total. The predicted octanol–water partition coefficient (Wildman–Crippen LogP) is 11.3. The van der Waals surface area contributed by atoms with Gasteiger partial charge in [-0.3, -0.25) is 0 Å². The van der Waals surface area contributed by atoms with Crippen LogP contribution < -0.4 is 9.47 Å². The van der Waals surface area contributed by atoms with Crippen molar-refractivity contribution in [2.75, 3.05) is 0 Å². The van der Waals surface area contributed by atoms with Gasteiger partial charge in [0.15, 0.2) is 0 Å². The van der Waals surface area contributed by atoms with Crippen molar-refractivity contribution in [3.8, 4) is 22.6 Å². The normalized spacial score (nSPS) is 12.4. The van der Waals surface area contributed by atoms with Crippen LogP contribution in [0.4, 0.5) is 61.5 Å². The van der Waals surface area contributed by atoms with Crippen LogP contribution in [0.5, 0.6) is 11.5 Å². The zero-order valence-electron chi connectivity index (χ0n) is 24.1. The van der Waals surface area contributed by atoms with E-state index in [9.17, 15) is 61.5 Å². The minimum absolute atomic E-state index is 0.279. The molecule has 0 saturated carbocycles. The predicted molar refractivity (Wildman–Crippen MR) is 142 cm³/mol. The number of halogens is 14. The van der Waals surface area contributed by atoms with E-state index in [0.717, 1.165) is 25.3 Å². The van der Waals surface area contributed by atoms with Gasteiger partial charge in [-0.05, 0) is 42.2 Å². The van der Waals surface area contributed by atoms with Crippen LogP contribution in [0.3, 0.4) is 0 Å². The summed E-state index contributed by atoms with van der Waals surface area (Å²) in [6, 6.07) is 3.24. The van der Waals surface area contributed by atoms with Gasteiger partial charge in [-0.15, -0.1) is 0 Å². The van der Waals surface area contributed by atoms with Crippen LogP contribution in [-0.4, -0.2) is 0 Å². The van der Waals surface area contributed by atoms with E-state index >= 15 is 0 Å². The van der Waals surface area contributed by atoms with E-state index in [1.54, 1.807) is 0 Å². The second-order valence-corrected chi connectivity index (χ2v) is 10.3. The molecule has 48 heavy (non-hydrogen) atoms. The Kier molecular flexibility index (Phi) is 10.3. The molecule has 4 rings (SSSR count). The van der Waals surface area contributed by atoms with Crippen molar-refractivity contribution < 1.29 is 70.9 Å². The maximum atomic E-state index is 14.9. The van der Waals surface area contributed by atoms with Crippen molar-refractivity contribution in [2.24, 2.45) is 0 Å². The summed E-state index contributed by atoms with van der Waals surface area (Å²) in [6.07, 6.45) is -12.8. The van der Waals surface area contributed by atoms with Gasteiger partial charge in [-0.25, -0.2) is 30.7 Å². The molecule has 16 heteroatoms. The highest BCUT2D eigenvalue weighted by molar-refractivity contribution is 5.65. The van der Waals surface area contributed by atoms with Crippen molar-refractivity contribution in [3.05, 3.63) is 118 Å². The molecule has 0 amide bonds. The number of aryl methyl sites for hydroxylation is 1. The summed E-state index contributed by atoms with van der Waals surface area (Å²) in [5.74, 6) is -17.7. The van der Waals surface area contributed by atoms with Crippen molar-refractivity contribution in [1.82, 2.24) is 0 Å². The standard InChI is InChI=1S/C32H20F14O2/c1-2-3-4-5-15-6-7-19(20(33)8-15)16-9-21(34)28(22(35)10-16)31(43,44)48-18-13-25(38)29(26(39)14-18)32(45,46)47-17-11-23(36)27(24(37)12-17)30(40,41)42/h6-14H,2-5H2,1H3. The van der Waals surface area contributed by atoms with E-state index in [1.807, 2.05) is 6.92 Å². The Balaban J connectivity index is 1.59. The minimum atomic E-state index is -5.59. The first kappa shape index (κ1) is 36.3. The molecule has 4 aromatic rings. The largest absolute Gasteiger partial charge is 0.432 e. The highest BCUT2D eigenvalue weighted by atomic mass is 19.4. The third kappa shape index (κ3) is 7.79. The zero-order valence-corrected chi connectivity index (χ0v) is 24.1. The number of hydrogen-bond donors (Lipinski definition) is 0. The molecule has 4 aromatic carbocycles. The van der Waals surface area contributed by atoms with Gasteiger partial charge in [0.1, 0.15) is 68.9 Å². The number of hydrogen-bond acceptors (Lipinski definition) is 2. The fourth-order valence-corrected chi connectivity index (χ4v) is 4.70. The Bertz CT molecular complexity index is 1750. The zero-order chi connectivity index (χ0) is 35.8. The van der Waals surface area contributed by atoms with Crippen LogP contribution in [0.25, 0.3) is 11.1 Å². The van der Waals surface area contributed by atoms with Gasteiger partial charge in [0.2, 0.25) is 0 Å². The lowest BCUT2D eigenvalue weighted by molar-refractivity contribution is -0.191. The molecule has 0 fully saturated rings. The summed E-state index contributed by atoms with van der Waals surface area (Å²) in [6.45, 7) is 1.96. The minimum Gasteiger partial charge on any atom is -0.429 e. The Morgan fingerprint density at radius 3 is 1.31 bits per heavy atom. The van der Waals surface area contributed by atoms with Crippen LogP contribution in [0.15, 0.2) is 54.6 Å². The molecule has 0 radical (unpaired) electrons. The van der Waals surface area contributed by atoms with Crippen LogP contribution in [-0.2, 0) is 24.8 Å². The van der Waals surface area contributed by atoms with Gasteiger partial charge in [-0.2, -0.15) is 30.7 Å². The molecule has 0 aliphatic carbocycles. The Hall–Kier alpha value is -4.50. The highest BCUT2D eigenvalue weighted by Gasteiger charge is 2.45. The van der Waals surface area contributed by atoms with Crippen molar-refractivity contribution >= 4 is 0 Å². The summed E-state index contributed by atoms with van der Waals surface area (Å²) in [7, 11) is 0. The van der Waals surface area contributed by atoms with E-state index in [-0.39, 0.29) is 29.8 Å². The molecule has 0 aliphatic heterocycles. The van der Waals surface area contributed by atoms with Gasteiger partial charge >= 0.3 is 18.4 Å². The molecule has 0 aromatic heterocycles. The summed E-state index contributed by atoms with van der Waals surface area (Å²) >= 11 is 0. The maximum Gasteiger partial charge on any atom is 0.432 e. The van der Waals surface area contributed by atoms with E-state index in [2.05, 4.69) is 9.47 Å². The Morgan fingerprint density at radius 1 is 0.500 bits per heavy atom. The van der Waals surface area contributed by atoms with Gasteiger partial charge in [0.25, 0.3) is 0 Å². The molecule has 0 bridgehead atoms. The molecule has 0 atom stereocenters. The Morgan fingerprint density at radius 2 is 0.917 bits per heavy atom. The lowest BCUT2D eigenvalue weighted by Gasteiger charge is -2.22. The fourth-order valence-electron chi connectivity index (χ4n) is 4.70. The van der Waals surface area contributed by atoms with E-state index in [0.29, 0.717) is 24.1 Å². The third-order valence-electron chi connectivity index (χ3n) is 6.84. The lowest BCUT2D eigenvalue weighted by Crippen LogP contribution is -2.27. The van der Waals surface area contributed by atoms with Gasteiger partial charge < -0.3 is 9.47 Å².